The highest BCUT2D eigenvalue weighted by Gasteiger charge is 2.21. The van der Waals surface area contributed by atoms with Crippen LogP contribution in [-0.4, -0.2) is 24.0 Å². The van der Waals surface area contributed by atoms with Gasteiger partial charge in [-0.25, -0.2) is 0 Å². The van der Waals surface area contributed by atoms with Crippen LogP contribution < -0.4 is 0 Å². The summed E-state index contributed by atoms with van der Waals surface area (Å²) >= 11 is 0. The van der Waals surface area contributed by atoms with Gasteiger partial charge in [0.25, 0.3) is 0 Å². The number of rotatable bonds is 3. The smallest absolute Gasteiger partial charge is 0.0666 e. The van der Waals surface area contributed by atoms with Crippen molar-refractivity contribution in [2.45, 2.75) is 45.6 Å². The molecule has 2 heteroatoms. The molecule has 0 aromatic heterocycles. The monoisotopic (exact) mass is 180 g/mol. The van der Waals surface area contributed by atoms with E-state index in [0.717, 1.165) is 12.6 Å². The molecule has 0 N–H and O–H groups in total. The van der Waals surface area contributed by atoms with Crippen LogP contribution in [0.4, 0.5) is 0 Å². The van der Waals surface area contributed by atoms with E-state index in [1.54, 1.807) is 0 Å². The fourth-order valence-electron chi connectivity index (χ4n) is 2.16. The number of hydrogen-bond donors (Lipinski definition) is 0. The van der Waals surface area contributed by atoms with Crippen molar-refractivity contribution in [2.75, 3.05) is 13.1 Å². The molecule has 1 heterocycles. The summed E-state index contributed by atoms with van der Waals surface area (Å²) in [6.45, 7) is 6.43. The molecule has 2 nitrogen and oxygen atoms in total. The van der Waals surface area contributed by atoms with E-state index in [9.17, 15) is 0 Å². The van der Waals surface area contributed by atoms with E-state index in [0.29, 0.717) is 0 Å². The van der Waals surface area contributed by atoms with Crippen LogP contribution in [0.2, 0.25) is 0 Å². The fraction of sp³-hybridized carbons (Fsp3) is 0.909. The van der Waals surface area contributed by atoms with Gasteiger partial charge in [0.2, 0.25) is 0 Å². The van der Waals surface area contributed by atoms with Crippen molar-refractivity contribution in [2.24, 2.45) is 5.92 Å². The summed E-state index contributed by atoms with van der Waals surface area (Å²) in [6.07, 6.45) is 5.25. The normalized spacial score (nSPS) is 26.7. The average Bonchev–Trinajstić information content (AvgIpc) is 2.18. The standard InChI is InChI=1S/C11H20N2/c1-3-11-6-4-5-7-13(11)9-10(2)8-12/h10-11H,3-7,9H2,1-2H3. The molecule has 1 fully saturated rings. The molecule has 0 spiro atoms. The van der Waals surface area contributed by atoms with Crippen LogP contribution in [0, 0.1) is 17.2 Å². The molecule has 74 valence electrons. The highest BCUT2D eigenvalue weighted by atomic mass is 15.2. The number of piperidine rings is 1. The van der Waals surface area contributed by atoms with Gasteiger partial charge in [-0.3, -0.25) is 4.90 Å². The molecule has 2 unspecified atom stereocenters. The highest BCUT2D eigenvalue weighted by molar-refractivity contribution is 4.85. The third-order valence-corrected chi connectivity index (χ3v) is 2.95. The largest absolute Gasteiger partial charge is 0.299 e. The van der Waals surface area contributed by atoms with Crippen molar-refractivity contribution >= 4 is 0 Å². The quantitative estimate of drug-likeness (QED) is 0.667. The molecule has 0 bridgehead atoms. The average molecular weight is 180 g/mol. The minimum atomic E-state index is 0.187. The Balaban J connectivity index is 2.41. The third-order valence-electron chi connectivity index (χ3n) is 2.95. The van der Waals surface area contributed by atoms with Gasteiger partial charge >= 0.3 is 0 Å². The molecule has 0 aliphatic carbocycles. The van der Waals surface area contributed by atoms with Gasteiger partial charge in [0.15, 0.2) is 0 Å². The van der Waals surface area contributed by atoms with E-state index in [2.05, 4.69) is 17.9 Å². The summed E-state index contributed by atoms with van der Waals surface area (Å²) in [5, 5.41) is 8.75. The van der Waals surface area contributed by atoms with Gasteiger partial charge in [-0.15, -0.1) is 0 Å². The lowest BCUT2D eigenvalue weighted by atomic mass is 9.99. The molecule has 1 aliphatic heterocycles. The molecule has 1 rings (SSSR count). The van der Waals surface area contributed by atoms with Crippen molar-refractivity contribution in [3.05, 3.63) is 0 Å². The zero-order valence-electron chi connectivity index (χ0n) is 8.79. The van der Waals surface area contributed by atoms with Gasteiger partial charge in [-0.05, 0) is 32.7 Å². The summed E-state index contributed by atoms with van der Waals surface area (Å²) in [5.41, 5.74) is 0. The summed E-state index contributed by atoms with van der Waals surface area (Å²) in [4.78, 5) is 2.50. The lowest BCUT2D eigenvalue weighted by molar-refractivity contribution is 0.134. The molecule has 1 aliphatic rings. The lowest BCUT2D eigenvalue weighted by Crippen LogP contribution is -2.41. The molecule has 0 amide bonds. The summed E-state index contributed by atoms with van der Waals surface area (Å²) in [5.74, 6) is 0.187. The van der Waals surface area contributed by atoms with Crippen molar-refractivity contribution < 1.29 is 0 Å². The zero-order valence-corrected chi connectivity index (χ0v) is 8.79. The first kappa shape index (κ1) is 10.5. The van der Waals surface area contributed by atoms with E-state index in [1.807, 2.05) is 6.92 Å². The van der Waals surface area contributed by atoms with Crippen LogP contribution in [-0.2, 0) is 0 Å². The number of nitrogens with zero attached hydrogens (tertiary/aromatic N) is 2. The minimum Gasteiger partial charge on any atom is -0.299 e. The van der Waals surface area contributed by atoms with Gasteiger partial charge in [-0.1, -0.05) is 13.3 Å². The Morgan fingerprint density at radius 1 is 1.54 bits per heavy atom. The molecule has 0 aromatic rings. The van der Waals surface area contributed by atoms with Crippen LogP contribution >= 0.6 is 0 Å². The van der Waals surface area contributed by atoms with Crippen LogP contribution in [0.3, 0.4) is 0 Å². The number of hydrogen-bond acceptors (Lipinski definition) is 2. The van der Waals surface area contributed by atoms with Gasteiger partial charge in [0.05, 0.1) is 12.0 Å². The Kier molecular flexibility index (Phi) is 4.24. The third kappa shape index (κ3) is 3.00. The van der Waals surface area contributed by atoms with Gasteiger partial charge in [-0.2, -0.15) is 5.26 Å². The SMILES string of the molecule is CCC1CCCCN1CC(C)C#N. The Bertz CT molecular complexity index is 183. The maximum absolute atomic E-state index is 8.75. The van der Waals surface area contributed by atoms with Crippen molar-refractivity contribution in [3.8, 4) is 6.07 Å². The Hall–Kier alpha value is -0.550. The summed E-state index contributed by atoms with van der Waals surface area (Å²) in [7, 11) is 0. The molecule has 0 aromatic carbocycles. The molecule has 0 saturated carbocycles. The predicted molar refractivity (Wildman–Crippen MR) is 54.3 cm³/mol. The van der Waals surface area contributed by atoms with E-state index >= 15 is 0 Å². The second-order valence-corrected chi connectivity index (χ2v) is 4.08. The first-order valence-corrected chi connectivity index (χ1v) is 5.41. The van der Waals surface area contributed by atoms with Crippen LogP contribution in [0.1, 0.15) is 39.5 Å². The van der Waals surface area contributed by atoms with Crippen molar-refractivity contribution in [1.29, 1.82) is 5.26 Å². The van der Waals surface area contributed by atoms with Crippen LogP contribution in [0.15, 0.2) is 0 Å². The Morgan fingerprint density at radius 2 is 2.31 bits per heavy atom. The van der Waals surface area contributed by atoms with Crippen molar-refractivity contribution in [1.82, 2.24) is 4.90 Å². The second-order valence-electron chi connectivity index (χ2n) is 4.08. The maximum atomic E-state index is 8.75. The van der Waals surface area contributed by atoms with E-state index in [4.69, 9.17) is 5.26 Å². The van der Waals surface area contributed by atoms with Gasteiger partial charge in [0.1, 0.15) is 0 Å². The van der Waals surface area contributed by atoms with E-state index in [1.165, 1.54) is 32.2 Å². The second kappa shape index (κ2) is 5.24. The summed E-state index contributed by atoms with van der Waals surface area (Å²) < 4.78 is 0. The first-order valence-electron chi connectivity index (χ1n) is 5.41. The van der Waals surface area contributed by atoms with Gasteiger partial charge in [0, 0.05) is 12.6 Å². The Morgan fingerprint density at radius 3 is 2.92 bits per heavy atom. The Labute approximate surface area is 81.5 Å². The predicted octanol–water partition coefficient (Wildman–Crippen LogP) is 2.41. The molecular formula is C11H20N2. The van der Waals surface area contributed by atoms with Crippen LogP contribution in [0.5, 0.6) is 0 Å². The van der Waals surface area contributed by atoms with E-state index < -0.39 is 0 Å². The molecule has 13 heavy (non-hydrogen) atoms. The molecular weight excluding hydrogens is 160 g/mol. The van der Waals surface area contributed by atoms with Crippen molar-refractivity contribution in [3.63, 3.8) is 0 Å². The number of nitriles is 1. The maximum Gasteiger partial charge on any atom is 0.0666 e. The number of likely N-dealkylation sites (tertiary alicyclic amines) is 1. The first-order chi connectivity index (χ1) is 6.27. The fourth-order valence-corrected chi connectivity index (χ4v) is 2.16. The van der Waals surface area contributed by atoms with Crippen LogP contribution in [0.25, 0.3) is 0 Å². The van der Waals surface area contributed by atoms with Gasteiger partial charge < -0.3 is 0 Å². The van der Waals surface area contributed by atoms with E-state index in [-0.39, 0.29) is 5.92 Å². The summed E-state index contributed by atoms with van der Waals surface area (Å²) in [6, 6.07) is 3.06. The minimum absolute atomic E-state index is 0.187. The topological polar surface area (TPSA) is 27.0 Å². The lowest BCUT2D eigenvalue weighted by Gasteiger charge is -2.35. The highest BCUT2D eigenvalue weighted by Crippen LogP contribution is 2.20. The molecule has 1 saturated heterocycles. The molecule has 2 atom stereocenters. The molecule has 0 radical (unpaired) electrons. The zero-order chi connectivity index (χ0) is 9.68.